The first-order chi connectivity index (χ1) is 6.77. The molecule has 1 saturated carbocycles. The summed E-state index contributed by atoms with van der Waals surface area (Å²) in [5, 5.41) is 12.5. The summed E-state index contributed by atoms with van der Waals surface area (Å²) < 4.78 is 0. The summed E-state index contributed by atoms with van der Waals surface area (Å²) >= 11 is 1.79. The van der Waals surface area contributed by atoms with E-state index >= 15 is 0 Å². The molecule has 1 aliphatic heterocycles. The Hall–Kier alpha value is -0.220. The highest BCUT2D eigenvalue weighted by Crippen LogP contribution is 2.34. The Morgan fingerprint density at radius 1 is 1.29 bits per heavy atom. The maximum atomic E-state index is 10.8. The van der Waals surface area contributed by atoms with E-state index in [9.17, 15) is 4.79 Å². The fourth-order valence-electron chi connectivity index (χ4n) is 2.35. The van der Waals surface area contributed by atoms with Crippen molar-refractivity contribution in [3.05, 3.63) is 0 Å². The van der Waals surface area contributed by atoms with Gasteiger partial charge in [0.15, 0.2) is 0 Å². The number of carboxylic acids is 1. The van der Waals surface area contributed by atoms with E-state index in [0.717, 1.165) is 5.75 Å². The van der Waals surface area contributed by atoms with Crippen molar-refractivity contribution < 1.29 is 9.90 Å². The maximum absolute atomic E-state index is 10.8. The van der Waals surface area contributed by atoms with E-state index in [4.69, 9.17) is 5.11 Å². The number of hydrogen-bond acceptors (Lipinski definition) is 3. The van der Waals surface area contributed by atoms with Crippen LogP contribution in [0.3, 0.4) is 0 Å². The third kappa shape index (κ3) is 2.23. The number of aliphatic carboxylic acids is 1. The third-order valence-corrected chi connectivity index (χ3v) is 4.59. The highest BCUT2D eigenvalue weighted by atomic mass is 32.2. The van der Waals surface area contributed by atoms with Gasteiger partial charge in [0.05, 0.1) is 5.37 Å². The quantitative estimate of drug-likeness (QED) is 0.736. The van der Waals surface area contributed by atoms with Crippen LogP contribution in [0.5, 0.6) is 0 Å². The molecule has 0 aromatic heterocycles. The molecule has 2 aliphatic rings. The molecular formula is C10H17NO2S. The third-order valence-electron chi connectivity index (χ3n) is 3.18. The predicted octanol–water partition coefficient (Wildman–Crippen LogP) is 1.68. The van der Waals surface area contributed by atoms with E-state index in [-0.39, 0.29) is 6.04 Å². The van der Waals surface area contributed by atoms with Gasteiger partial charge in [0.2, 0.25) is 0 Å². The molecule has 0 radical (unpaired) electrons. The fraction of sp³-hybridized carbons (Fsp3) is 0.900. The molecule has 3 nitrogen and oxygen atoms in total. The first-order valence-electron chi connectivity index (χ1n) is 5.38. The van der Waals surface area contributed by atoms with Crippen LogP contribution in [0.4, 0.5) is 0 Å². The molecule has 0 aromatic rings. The lowest BCUT2D eigenvalue weighted by atomic mass is 9.89. The van der Waals surface area contributed by atoms with E-state index in [1.807, 2.05) is 0 Å². The molecule has 2 atom stereocenters. The molecule has 14 heavy (non-hydrogen) atoms. The summed E-state index contributed by atoms with van der Waals surface area (Å²) in [6, 6.07) is -0.313. The lowest BCUT2D eigenvalue weighted by molar-refractivity contribution is -0.138. The number of thioether (sulfide) groups is 1. The standard InChI is InChI=1S/C10H17NO2S/c12-10(13)8-6-14-9(11-8)7-4-2-1-3-5-7/h7-9,11H,1-6H2,(H,12,13)/t8-,9?/m0/s1. The minimum Gasteiger partial charge on any atom is -0.480 e. The van der Waals surface area contributed by atoms with Crippen molar-refractivity contribution in [2.45, 2.75) is 43.5 Å². The molecular weight excluding hydrogens is 198 g/mol. The zero-order chi connectivity index (χ0) is 9.97. The number of carbonyl (C=O) groups is 1. The van der Waals surface area contributed by atoms with Gasteiger partial charge < -0.3 is 5.11 Å². The Morgan fingerprint density at radius 2 is 2.00 bits per heavy atom. The Labute approximate surface area is 88.6 Å². The summed E-state index contributed by atoms with van der Waals surface area (Å²) in [5.41, 5.74) is 0. The van der Waals surface area contributed by atoms with Crippen molar-refractivity contribution in [2.24, 2.45) is 5.92 Å². The monoisotopic (exact) mass is 215 g/mol. The first kappa shape index (κ1) is 10.3. The molecule has 80 valence electrons. The van der Waals surface area contributed by atoms with Crippen LogP contribution in [0.2, 0.25) is 0 Å². The van der Waals surface area contributed by atoms with Gasteiger partial charge in [-0.2, -0.15) is 0 Å². The normalized spacial score (nSPS) is 34.6. The minimum absolute atomic E-state index is 0.313. The highest BCUT2D eigenvalue weighted by molar-refractivity contribution is 8.00. The van der Waals surface area contributed by atoms with Crippen molar-refractivity contribution in [1.82, 2.24) is 5.32 Å². The average molecular weight is 215 g/mol. The van der Waals surface area contributed by atoms with E-state index in [2.05, 4.69) is 5.32 Å². The summed E-state index contributed by atoms with van der Waals surface area (Å²) in [6.07, 6.45) is 6.55. The van der Waals surface area contributed by atoms with Gasteiger partial charge in [-0.3, -0.25) is 10.1 Å². The fourth-order valence-corrected chi connectivity index (χ4v) is 3.79. The summed E-state index contributed by atoms with van der Waals surface area (Å²) in [5.74, 6) is 0.741. The van der Waals surface area contributed by atoms with Crippen molar-refractivity contribution in [3.63, 3.8) is 0 Å². The van der Waals surface area contributed by atoms with E-state index < -0.39 is 5.97 Å². The van der Waals surface area contributed by atoms with Gasteiger partial charge in [-0.15, -0.1) is 11.8 Å². The molecule has 1 saturated heterocycles. The van der Waals surface area contributed by atoms with Crippen molar-refractivity contribution in [2.75, 3.05) is 5.75 Å². The number of rotatable bonds is 2. The van der Waals surface area contributed by atoms with Crippen molar-refractivity contribution >= 4 is 17.7 Å². The van der Waals surface area contributed by atoms with Gasteiger partial charge in [0, 0.05) is 5.75 Å². The zero-order valence-corrected chi connectivity index (χ0v) is 9.05. The summed E-state index contributed by atoms with van der Waals surface area (Å²) in [7, 11) is 0. The topological polar surface area (TPSA) is 49.3 Å². The molecule has 0 bridgehead atoms. The molecule has 1 unspecified atom stereocenters. The maximum Gasteiger partial charge on any atom is 0.321 e. The number of nitrogens with one attached hydrogen (secondary N) is 1. The molecule has 0 amide bonds. The second-order valence-corrected chi connectivity index (χ2v) is 5.38. The van der Waals surface area contributed by atoms with Gasteiger partial charge in [0.25, 0.3) is 0 Å². The Kier molecular flexibility index (Phi) is 3.34. The first-order valence-corrected chi connectivity index (χ1v) is 6.42. The lowest BCUT2D eigenvalue weighted by Gasteiger charge is -2.26. The van der Waals surface area contributed by atoms with Crippen LogP contribution in [0, 0.1) is 5.92 Å². The molecule has 2 N–H and O–H groups in total. The Balaban J connectivity index is 1.85. The van der Waals surface area contributed by atoms with Gasteiger partial charge in [-0.1, -0.05) is 19.3 Å². The molecule has 2 rings (SSSR count). The summed E-state index contributed by atoms with van der Waals surface area (Å²) in [6.45, 7) is 0. The van der Waals surface area contributed by atoms with Crippen molar-refractivity contribution in [3.8, 4) is 0 Å². The number of hydrogen-bond donors (Lipinski definition) is 2. The molecule has 2 fully saturated rings. The van der Waals surface area contributed by atoms with Crippen LogP contribution >= 0.6 is 11.8 Å². The average Bonchev–Trinajstić information content (AvgIpc) is 2.68. The zero-order valence-electron chi connectivity index (χ0n) is 8.24. The van der Waals surface area contributed by atoms with Crippen LogP contribution < -0.4 is 5.32 Å². The molecule has 4 heteroatoms. The molecule has 0 aromatic carbocycles. The van der Waals surface area contributed by atoms with Crippen molar-refractivity contribution in [1.29, 1.82) is 0 Å². The van der Waals surface area contributed by atoms with Crippen LogP contribution in [0.1, 0.15) is 32.1 Å². The van der Waals surface area contributed by atoms with Gasteiger partial charge >= 0.3 is 5.97 Å². The van der Waals surface area contributed by atoms with Crippen LogP contribution in [-0.2, 0) is 4.79 Å². The van der Waals surface area contributed by atoms with Gasteiger partial charge in [0.1, 0.15) is 6.04 Å². The summed E-state index contributed by atoms with van der Waals surface area (Å²) in [4.78, 5) is 10.8. The SMILES string of the molecule is O=C(O)[C@@H]1CSC(C2CCCCC2)N1. The highest BCUT2D eigenvalue weighted by Gasteiger charge is 2.34. The van der Waals surface area contributed by atoms with E-state index in [1.165, 1.54) is 32.1 Å². The molecule has 1 aliphatic carbocycles. The smallest absolute Gasteiger partial charge is 0.321 e. The second-order valence-electron chi connectivity index (χ2n) is 4.21. The van der Waals surface area contributed by atoms with Gasteiger partial charge in [-0.05, 0) is 18.8 Å². The second kappa shape index (κ2) is 4.53. The largest absolute Gasteiger partial charge is 0.480 e. The molecule has 1 heterocycles. The van der Waals surface area contributed by atoms with Crippen LogP contribution in [0.25, 0.3) is 0 Å². The predicted molar refractivity (Wildman–Crippen MR) is 57.4 cm³/mol. The van der Waals surface area contributed by atoms with E-state index in [0.29, 0.717) is 11.3 Å². The Morgan fingerprint density at radius 3 is 2.57 bits per heavy atom. The Bertz CT molecular complexity index is 216. The molecule has 0 spiro atoms. The number of carboxylic acid groups (broad SMARTS) is 1. The van der Waals surface area contributed by atoms with Gasteiger partial charge in [-0.25, -0.2) is 0 Å². The van der Waals surface area contributed by atoms with Crippen LogP contribution in [-0.4, -0.2) is 28.2 Å². The lowest BCUT2D eigenvalue weighted by Crippen LogP contribution is -2.39. The van der Waals surface area contributed by atoms with E-state index in [1.54, 1.807) is 11.8 Å². The van der Waals surface area contributed by atoms with Crippen LogP contribution in [0.15, 0.2) is 0 Å². The minimum atomic E-state index is -0.698.